The molecule has 0 atom stereocenters. The predicted molar refractivity (Wildman–Crippen MR) is 115 cm³/mol. The van der Waals surface area contributed by atoms with Crippen molar-refractivity contribution in [2.75, 3.05) is 7.11 Å². The van der Waals surface area contributed by atoms with Crippen LogP contribution in [-0.2, 0) is 11.2 Å². The SMILES string of the molecule is CCc1ccc(-n2c(C)cc(C=Nc3ccc(Cl)c(C(=O)OC)c3)c2C)cc1. The van der Waals surface area contributed by atoms with Gasteiger partial charge in [0.2, 0.25) is 0 Å². The number of ether oxygens (including phenoxy) is 1. The van der Waals surface area contributed by atoms with Gasteiger partial charge in [0, 0.05) is 28.9 Å². The van der Waals surface area contributed by atoms with Crippen molar-refractivity contribution in [2.24, 2.45) is 4.99 Å². The van der Waals surface area contributed by atoms with Gasteiger partial charge < -0.3 is 9.30 Å². The van der Waals surface area contributed by atoms with Crippen molar-refractivity contribution < 1.29 is 9.53 Å². The number of aliphatic imine (C=N–C) groups is 1. The van der Waals surface area contributed by atoms with E-state index in [4.69, 9.17) is 16.3 Å². The van der Waals surface area contributed by atoms with Gasteiger partial charge in [0.05, 0.1) is 23.4 Å². The number of aromatic nitrogens is 1. The number of nitrogens with zero attached hydrogens (tertiary/aromatic N) is 2. The third-order valence-corrected chi connectivity index (χ3v) is 5.11. The van der Waals surface area contributed by atoms with Gasteiger partial charge >= 0.3 is 5.97 Å². The summed E-state index contributed by atoms with van der Waals surface area (Å²) in [4.78, 5) is 16.3. The van der Waals surface area contributed by atoms with E-state index in [9.17, 15) is 4.79 Å². The van der Waals surface area contributed by atoms with E-state index < -0.39 is 5.97 Å². The number of hydrogen-bond acceptors (Lipinski definition) is 3. The summed E-state index contributed by atoms with van der Waals surface area (Å²) in [5.41, 5.74) is 6.65. The van der Waals surface area contributed by atoms with Gasteiger partial charge in [0.25, 0.3) is 0 Å². The minimum absolute atomic E-state index is 0.306. The summed E-state index contributed by atoms with van der Waals surface area (Å²) < 4.78 is 6.97. The third kappa shape index (κ3) is 4.02. The first-order valence-corrected chi connectivity index (χ1v) is 9.52. The largest absolute Gasteiger partial charge is 0.465 e. The quantitative estimate of drug-likeness (QED) is 0.402. The smallest absolute Gasteiger partial charge is 0.339 e. The molecule has 0 aliphatic heterocycles. The van der Waals surface area contributed by atoms with E-state index in [1.54, 1.807) is 18.2 Å². The molecule has 3 rings (SSSR count). The van der Waals surface area contributed by atoms with E-state index in [0.29, 0.717) is 16.3 Å². The van der Waals surface area contributed by atoms with Crippen molar-refractivity contribution in [3.05, 3.63) is 81.6 Å². The molecule has 1 aromatic heterocycles. The molecule has 0 bridgehead atoms. The molecule has 0 amide bonds. The van der Waals surface area contributed by atoms with Gasteiger partial charge in [-0.3, -0.25) is 4.99 Å². The summed E-state index contributed by atoms with van der Waals surface area (Å²) in [6.07, 6.45) is 2.83. The molecule has 3 aromatic rings. The Morgan fingerprint density at radius 3 is 2.50 bits per heavy atom. The molecule has 144 valence electrons. The Balaban J connectivity index is 1.92. The molecule has 0 radical (unpaired) electrons. The number of halogens is 1. The molecule has 0 aliphatic carbocycles. The number of rotatable bonds is 5. The normalized spacial score (nSPS) is 11.2. The number of esters is 1. The highest BCUT2D eigenvalue weighted by atomic mass is 35.5. The van der Waals surface area contributed by atoms with Crippen LogP contribution in [0.5, 0.6) is 0 Å². The Hall–Kier alpha value is -2.85. The molecule has 28 heavy (non-hydrogen) atoms. The van der Waals surface area contributed by atoms with Crippen LogP contribution in [0.25, 0.3) is 5.69 Å². The summed E-state index contributed by atoms with van der Waals surface area (Å²) in [7, 11) is 1.33. The average molecular weight is 395 g/mol. The van der Waals surface area contributed by atoms with Crippen LogP contribution in [0, 0.1) is 13.8 Å². The van der Waals surface area contributed by atoms with Crippen molar-refractivity contribution in [1.82, 2.24) is 4.57 Å². The number of methoxy groups -OCH3 is 1. The summed E-state index contributed by atoms with van der Waals surface area (Å²) in [5, 5.41) is 0.347. The van der Waals surface area contributed by atoms with Crippen LogP contribution in [0.3, 0.4) is 0 Å². The van der Waals surface area contributed by atoms with E-state index in [-0.39, 0.29) is 0 Å². The van der Waals surface area contributed by atoms with Crippen LogP contribution in [0.2, 0.25) is 5.02 Å². The topological polar surface area (TPSA) is 43.6 Å². The monoisotopic (exact) mass is 394 g/mol. The van der Waals surface area contributed by atoms with Crippen molar-refractivity contribution in [3.63, 3.8) is 0 Å². The van der Waals surface area contributed by atoms with Crippen LogP contribution < -0.4 is 0 Å². The first-order chi connectivity index (χ1) is 13.4. The number of carbonyl (C=O) groups excluding carboxylic acids is 1. The Labute approximate surface area is 170 Å². The van der Waals surface area contributed by atoms with Crippen molar-refractivity contribution in [1.29, 1.82) is 0 Å². The van der Waals surface area contributed by atoms with E-state index in [0.717, 1.165) is 29.1 Å². The number of aryl methyl sites for hydroxylation is 2. The molecule has 0 aliphatic rings. The van der Waals surface area contributed by atoms with Crippen molar-refractivity contribution in [2.45, 2.75) is 27.2 Å². The molecule has 0 spiro atoms. The molecule has 0 saturated heterocycles. The Bertz CT molecular complexity index is 1030. The maximum absolute atomic E-state index is 11.8. The van der Waals surface area contributed by atoms with Crippen LogP contribution in [0.1, 0.15) is 39.8 Å². The van der Waals surface area contributed by atoms with E-state index in [1.807, 2.05) is 6.21 Å². The average Bonchev–Trinajstić information content (AvgIpc) is 3.00. The Kier molecular flexibility index (Phi) is 6.00. The molecule has 0 saturated carbocycles. The summed E-state index contributed by atoms with van der Waals surface area (Å²) in [5.74, 6) is -0.476. The van der Waals surface area contributed by atoms with Gasteiger partial charge in [-0.2, -0.15) is 0 Å². The summed E-state index contributed by atoms with van der Waals surface area (Å²) in [6, 6.07) is 15.8. The second-order valence-electron chi connectivity index (χ2n) is 6.60. The lowest BCUT2D eigenvalue weighted by atomic mass is 10.1. The fourth-order valence-corrected chi connectivity index (χ4v) is 3.40. The number of hydrogen-bond donors (Lipinski definition) is 0. The highest BCUT2D eigenvalue weighted by molar-refractivity contribution is 6.33. The highest BCUT2D eigenvalue weighted by Crippen LogP contribution is 2.24. The maximum Gasteiger partial charge on any atom is 0.339 e. The lowest BCUT2D eigenvalue weighted by Crippen LogP contribution is -2.01. The Morgan fingerprint density at radius 2 is 1.86 bits per heavy atom. The van der Waals surface area contributed by atoms with Crippen molar-refractivity contribution in [3.8, 4) is 5.69 Å². The van der Waals surface area contributed by atoms with Crippen LogP contribution in [0.4, 0.5) is 5.69 Å². The van der Waals surface area contributed by atoms with Crippen LogP contribution >= 0.6 is 11.6 Å². The number of benzene rings is 2. The predicted octanol–water partition coefficient (Wildman–Crippen LogP) is 5.85. The van der Waals surface area contributed by atoms with Gasteiger partial charge in [-0.25, -0.2) is 4.79 Å². The second-order valence-corrected chi connectivity index (χ2v) is 7.00. The van der Waals surface area contributed by atoms with Gasteiger partial charge in [-0.1, -0.05) is 30.7 Å². The summed E-state index contributed by atoms with van der Waals surface area (Å²) >= 11 is 6.07. The molecular weight excluding hydrogens is 372 g/mol. The van der Waals surface area contributed by atoms with Gasteiger partial charge in [0.1, 0.15) is 0 Å². The van der Waals surface area contributed by atoms with Gasteiger partial charge in [0.15, 0.2) is 0 Å². The lowest BCUT2D eigenvalue weighted by Gasteiger charge is -2.10. The maximum atomic E-state index is 11.8. The fourth-order valence-electron chi connectivity index (χ4n) is 3.20. The zero-order chi connectivity index (χ0) is 20.3. The van der Waals surface area contributed by atoms with E-state index >= 15 is 0 Å². The minimum atomic E-state index is -0.476. The second kappa shape index (κ2) is 8.44. The van der Waals surface area contributed by atoms with E-state index in [2.05, 4.69) is 60.7 Å². The zero-order valence-electron chi connectivity index (χ0n) is 16.5. The first kappa shape index (κ1) is 19.9. The fraction of sp³-hybridized carbons (Fsp3) is 0.217. The van der Waals surface area contributed by atoms with Gasteiger partial charge in [-0.15, -0.1) is 0 Å². The molecule has 0 N–H and O–H groups in total. The molecule has 0 fully saturated rings. The molecule has 1 heterocycles. The standard InChI is InChI=1S/C23H23ClN2O2/c1-5-17-6-9-20(10-7-17)26-15(2)12-18(16(26)3)14-25-19-8-11-22(24)21(13-19)23(27)28-4/h6-14H,5H2,1-4H3. The summed E-state index contributed by atoms with van der Waals surface area (Å²) in [6.45, 7) is 6.30. The zero-order valence-corrected chi connectivity index (χ0v) is 17.2. The first-order valence-electron chi connectivity index (χ1n) is 9.14. The third-order valence-electron chi connectivity index (χ3n) is 4.78. The minimum Gasteiger partial charge on any atom is -0.465 e. The molecule has 0 unspecified atom stereocenters. The molecule has 5 heteroatoms. The van der Waals surface area contributed by atoms with Gasteiger partial charge in [-0.05, 0) is 62.2 Å². The van der Waals surface area contributed by atoms with Crippen LogP contribution in [0.15, 0.2) is 53.5 Å². The Morgan fingerprint density at radius 1 is 1.14 bits per heavy atom. The van der Waals surface area contributed by atoms with Crippen molar-refractivity contribution >= 4 is 29.5 Å². The van der Waals surface area contributed by atoms with Crippen LogP contribution in [-0.4, -0.2) is 23.9 Å². The molecular formula is C23H23ClN2O2. The number of carbonyl (C=O) groups is 1. The molecule has 2 aromatic carbocycles. The molecule has 4 nitrogen and oxygen atoms in total. The highest BCUT2D eigenvalue weighted by Gasteiger charge is 2.12. The lowest BCUT2D eigenvalue weighted by molar-refractivity contribution is 0.0601. The van der Waals surface area contributed by atoms with E-state index in [1.165, 1.54) is 12.7 Å².